The average molecular weight is 491 g/mol. The van der Waals surface area contributed by atoms with Gasteiger partial charge in [0.2, 0.25) is 0 Å². The van der Waals surface area contributed by atoms with Gasteiger partial charge in [-0.1, -0.05) is 0 Å². The molecule has 2 aliphatic rings. The molecule has 0 radical (unpaired) electrons. The second-order valence-electron chi connectivity index (χ2n) is 9.51. The maximum absolute atomic E-state index is 4.20. The van der Waals surface area contributed by atoms with Crippen LogP contribution in [0.15, 0.2) is 131 Å². The van der Waals surface area contributed by atoms with Crippen LogP contribution in [0.1, 0.15) is 21.2 Å². The van der Waals surface area contributed by atoms with Crippen LogP contribution in [0.25, 0.3) is 11.1 Å². The summed E-state index contributed by atoms with van der Waals surface area (Å²) in [5.74, 6) is 0. The van der Waals surface area contributed by atoms with E-state index in [0.29, 0.717) is 3.63 Å². The minimum absolute atomic E-state index is 0.375. The van der Waals surface area contributed by atoms with Gasteiger partial charge < -0.3 is 0 Å². The molecule has 0 bridgehead atoms. The van der Waals surface area contributed by atoms with Gasteiger partial charge in [-0.25, -0.2) is 0 Å². The SMILES string of the molecule is [CH3][Zr]([C]1=CC=CC1)([c]1ccccc1)([c]1ccccc1)[CH]1c2ccccc2-c2ccccc21. The first-order chi connectivity index (χ1) is 15.7. The van der Waals surface area contributed by atoms with Crippen LogP contribution in [0.4, 0.5) is 0 Å². The molecule has 4 aromatic rings. The maximum atomic E-state index is 2.70. The summed E-state index contributed by atoms with van der Waals surface area (Å²) in [6.07, 6.45) is 8.14. The Kier molecular flexibility index (Phi) is 4.60. The Morgan fingerprint density at radius 1 is 0.594 bits per heavy atom. The van der Waals surface area contributed by atoms with Gasteiger partial charge in [-0.3, -0.25) is 0 Å². The van der Waals surface area contributed by atoms with E-state index in [0.717, 1.165) is 6.42 Å². The Labute approximate surface area is 192 Å². The molecule has 6 rings (SSSR count). The standard InChI is InChI=1S/C13H9.2C6H5.C5H5.CH3.Zr/c1-3-7-12-10(5-1)9-11-6-2-4-8-13(11)12;2*1-2-4-6-5-3-1;1-2-4-5-3-1;;/h1-9H;2*1-5H;1-3H,4H2;1H3;. The van der Waals surface area contributed by atoms with E-state index in [4.69, 9.17) is 0 Å². The summed E-state index contributed by atoms with van der Waals surface area (Å²) >= 11 is -4.20. The molecule has 0 saturated carbocycles. The first-order valence-corrected chi connectivity index (χ1v) is 19.1. The summed E-state index contributed by atoms with van der Waals surface area (Å²) in [5, 5.41) is 0. The Hall–Kier alpha value is -2.76. The van der Waals surface area contributed by atoms with Crippen LogP contribution >= 0.6 is 0 Å². The zero-order valence-electron chi connectivity index (χ0n) is 18.4. The van der Waals surface area contributed by atoms with Crippen LogP contribution < -0.4 is 6.54 Å². The molecule has 0 nitrogen and oxygen atoms in total. The molecule has 155 valence electrons. The summed E-state index contributed by atoms with van der Waals surface area (Å²) in [5.41, 5.74) is 5.83. The summed E-state index contributed by atoms with van der Waals surface area (Å²) < 4.78 is 7.83. The van der Waals surface area contributed by atoms with Crippen molar-refractivity contribution in [3.05, 3.63) is 142 Å². The molecule has 0 amide bonds. The van der Waals surface area contributed by atoms with Crippen molar-refractivity contribution in [2.45, 2.75) is 14.7 Å². The van der Waals surface area contributed by atoms with Crippen LogP contribution in [-0.2, 0) is 18.8 Å². The molecule has 0 atom stereocenters. The van der Waals surface area contributed by atoms with Gasteiger partial charge in [-0.05, 0) is 0 Å². The molecular formula is C31H27Zr. The Bertz CT molecular complexity index is 1280. The number of hydrogen-bond donors (Lipinski definition) is 0. The molecule has 0 N–H and O–H groups in total. The van der Waals surface area contributed by atoms with Crippen molar-refractivity contribution < 1.29 is 18.8 Å². The molecule has 2 aliphatic carbocycles. The normalized spacial score (nSPS) is 16.2. The van der Waals surface area contributed by atoms with Gasteiger partial charge in [-0.2, -0.15) is 0 Å². The summed E-state index contributed by atoms with van der Waals surface area (Å²) in [6.45, 7) is 0. The van der Waals surface area contributed by atoms with Gasteiger partial charge in [0.05, 0.1) is 0 Å². The third-order valence-electron chi connectivity index (χ3n) is 8.19. The summed E-state index contributed by atoms with van der Waals surface area (Å²) in [6, 6.07) is 41.2. The van der Waals surface area contributed by atoms with Crippen molar-refractivity contribution in [3.63, 3.8) is 0 Å². The molecule has 0 unspecified atom stereocenters. The van der Waals surface area contributed by atoms with Crippen LogP contribution in [0.2, 0.25) is 4.63 Å². The first-order valence-electron chi connectivity index (χ1n) is 11.6. The number of rotatable bonds is 4. The second kappa shape index (κ2) is 7.39. The fraction of sp³-hybridized carbons (Fsp3) is 0.0968. The van der Waals surface area contributed by atoms with Crippen molar-refractivity contribution in [1.29, 1.82) is 0 Å². The number of hydrogen-bond acceptors (Lipinski definition) is 0. The molecule has 0 saturated heterocycles. The van der Waals surface area contributed by atoms with Crippen molar-refractivity contribution in [1.82, 2.24) is 0 Å². The van der Waals surface area contributed by atoms with Gasteiger partial charge in [0, 0.05) is 0 Å². The van der Waals surface area contributed by atoms with Gasteiger partial charge in [0.15, 0.2) is 0 Å². The Balaban J connectivity index is 1.82. The Morgan fingerprint density at radius 3 is 1.53 bits per heavy atom. The fourth-order valence-corrected chi connectivity index (χ4v) is 24.9. The van der Waals surface area contributed by atoms with Gasteiger partial charge >= 0.3 is 193 Å². The molecule has 4 aromatic carbocycles. The zero-order valence-corrected chi connectivity index (χ0v) is 20.9. The first kappa shape index (κ1) is 19.9. The minimum atomic E-state index is -4.20. The van der Waals surface area contributed by atoms with Gasteiger partial charge in [0.1, 0.15) is 0 Å². The quantitative estimate of drug-likeness (QED) is 0.289. The van der Waals surface area contributed by atoms with E-state index in [-0.39, 0.29) is 0 Å². The van der Waals surface area contributed by atoms with Crippen molar-refractivity contribution in [2.75, 3.05) is 0 Å². The summed E-state index contributed by atoms with van der Waals surface area (Å²) in [4.78, 5) is 0. The molecule has 0 heterocycles. The third kappa shape index (κ3) is 2.52. The monoisotopic (exact) mass is 489 g/mol. The Morgan fingerprint density at radius 2 is 1.06 bits per heavy atom. The van der Waals surface area contributed by atoms with Gasteiger partial charge in [0.25, 0.3) is 0 Å². The average Bonchev–Trinajstić information content (AvgIpc) is 3.53. The van der Waals surface area contributed by atoms with E-state index < -0.39 is 18.8 Å². The van der Waals surface area contributed by atoms with E-state index in [1.807, 2.05) is 0 Å². The third-order valence-corrected chi connectivity index (χ3v) is 27.2. The molecule has 0 spiro atoms. The number of fused-ring (bicyclic) bond motifs is 3. The number of allylic oxidation sites excluding steroid dienone is 4. The molecule has 0 aliphatic heterocycles. The zero-order chi connectivity index (χ0) is 21.6. The predicted octanol–water partition coefficient (Wildman–Crippen LogP) is 6.99. The van der Waals surface area contributed by atoms with Crippen molar-refractivity contribution in [3.8, 4) is 11.1 Å². The van der Waals surface area contributed by atoms with Crippen LogP contribution in [-0.4, -0.2) is 0 Å². The van der Waals surface area contributed by atoms with E-state index in [1.54, 1.807) is 9.82 Å². The van der Waals surface area contributed by atoms with Crippen LogP contribution in [0, 0.1) is 0 Å². The second-order valence-corrected chi connectivity index (χ2v) is 24.4. The van der Waals surface area contributed by atoms with E-state index >= 15 is 0 Å². The molecule has 32 heavy (non-hydrogen) atoms. The molecule has 0 aromatic heterocycles. The fourth-order valence-electron chi connectivity index (χ4n) is 6.65. The number of benzene rings is 4. The predicted molar refractivity (Wildman–Crippen MR) is 134 cm³/mol. The molecule has 1 heteroatoms. The van der Waals surface area contributed by atoms with E-state index in [2.05, 4.69) is 132 Å². The van der Waals surface area contributed by atoms with Crippen LogP contribution in [0.3, 0.4) is 0 Å². The topological polar surface area (TPSA) is 0 Å². The molecular weight excluding hydrogens is 464 g/mol. The van der Waals surface area contributed by atoms with Gasteiger partial charge in [-0.15, -0.1) is 0 Å². The molecule has 0 fully saturated rings. The van der Waals surface area contributed by atoms with Crippen molar-refractivity contribution >= 4 is 6.54 Å². The van der Waals surface area contributed by atoms with Crippen LogP contribution in [0.5, 0.6) is 0 Å². The van der Waals surface area contributed by atoms with E-state index in [1.165, 1.54) is 22.3 Å². The van der Waals surface area contributed by atoms with E-state index in [9.17, 15) is 0 Å². The summed E-state index contributed by atoms with van der Waals surface area (Å²) in [7, 11) is 0. The van der Waals surface area contributed by atoms with Crippen molar-refractivity contribution in [2.24, 2.45) is 0 Å².